The van der Waals surface area contributed by atoms with Gasteiger partial charge in [-0.1, -0.05) is 0 Å². The zero-order chi connectivity index (χ0) is 13.2. The van der Waals surface area contributed by atoms with Gasteiger partial charge in [0.15, 0.2) is 0 Å². The van der Waals surface area contributed by atoms with E-state index in [9.17, 15) is 4.79 Å². The number of piperidine rings is 1. The van der Waals surface area contributed by atoms with Crippen molar-refractivity contribution in [2.24, 2.45) is 5.92 Å². The molecule has 3 heterocycles. The zero-order valence-electron chi connectivity index (χ0n) is 11.4. The molecule has 0 saturated carbocycles. The number of carbonyl (C=O) groups is 1. The van der Waals surface area contributed by atoms with Crippen LogP contribution in [0.4, 0.5) is 0 Å². The predicted octanol–water partition coefficient (Wildman–Crippen LogP) is 1.98. The van der Waals surface area contributed by atoms with Crippen molar-refractivity contribution in [3.05, 3.63) is 16.6 Å². The Balaban J connectivity index is 1.64. The summed E-state index contributed by atoms with van der Waals surface area (Å²) in [7, 11) is 1.99. The number of nitrogens with zero attached hydrogens (tertiary/aromatic N) is 3. The second-order valence-corrected chi connectivity index (χ2v) is 6.69. The first-order valence-corrected chi connectivity index (χ1v) is 7.97. The summed E-state index contributed by atoms with van der Waals surface area (Å²) >= 11 is 1.73. The second-order valence-electron chi connectivity index (χ2n) is 5.72. The third kappa shape index (κ3) is 2.82. The first-order chi connectivity index (χ1) is 9.24. The number of likely N-dealkylation sites (tertiary alicyclic amines) is 2. The quantitative estimate of drug-likeness (QED) is 0.830. The van der Waals surface area contributed by atoms with E-state index in [1.165, 1.54) is 11.3 Å². The lowest BCUT2D eigenvalue weighted by molar-refractivity contribution is -0.132. The molecule has 5 heteroatoms. The van der Waals surface area contributed by atoms with Crippen LogP contribution in [0.5, 0.6) is 0 Å². The molecule has 2 fully saturated rings. The minimum absolute atomic E-state index is 0.336. The number of hydrogen-bond acceptors (Lipinski definition) is 4. The minimum Gasteiger partial charge on any atom is -0.342 e. The lowest BCUT2D eigenvalue weighted by Crippen LogP contribution is -2.49. The highest BCUT2D eigenvalue weighted by Gasteiger charge is 2.35. The summed E-state index contributed by atoms with van der Waals surface area (Å²) in [6, 6.07) is 0.465. The van der Waals surface area contributed by atoms with Crippen LogP contribution in [0.25, 0.3) is 0 Å². The van der Waals surface area contributed by atoms with Crippen molar-refractivity contribution in [1.29, 1.82) is 0 Å². The van der Waals surface area contributed by atoms with E-state index in [4.69, 9.17) is 0 Å². The highest BCUT2D eigenvalue weighted by molar-refractivity contribution is 7.09. The number of aromatic nitrogens is 1. The molecule has 1 aromatic rings. The van der Waals surface area contributed by atoms with E-state index >= 15 is 0 Å². The average molecular weight is 279 g/mol. The third-order valence-corrected chi connectivity index (χ3v) is 5.26. The molecule has 2 aliphatic rings. The number of thiazole rings is 1. The Labute approximate surface area is 118 Å². The Kier molecular flexibility index (Phi) is 3.84. The molecule has 2 aliphatic heterocycles. The Hall–Kier alpha value is -0.940. The van der Waals surface area contributed by atoms with Gasteiger partial charge in [-0.05, 0) is 25.2 Å². The van der Waals surface area contributed by atoms with Crippen molar-refractivity contribution in [3.8, 4) is 0 Å². The smallest absolute Gasteiger partial charge is 0.222 e. The first-order valence-electron chi connectivity index (χ1n) is 7.09. The van der Waals surface area contributed by atoms with Crippen LogP contribution in [0.3, 0.4) is 0 Å². The van der Waals surface area contributed by atoms with Crippen LogP contribution in [0.2, 0.25) is 0 Å². The normalized spacial score (nSPS) is 29.1. The first kappa shape index (κ1) is 13.1. The number of fused-ring (bicyclic) bond motifs is 1. The topological polar surface area (TPSA) is 36.4 Å². The number of rotatable bonds is 2. The van der Waals surface area contributed by atoms with Crippen molar-refractivity contribution in [2.75, 3.05) is 20.1 Å². The summed E-state index contributed by atoms with van der Waals surface area (Å²) in [5.74, 6) is 0.988. The molecule has 3 rings (SSSR count). The van der Waals surface area contributed by atoms with Gasteiger partial charge in [0.25, 0.3) is 0 Å². The van der Waals surface area contributed by atoms with Gasteiger partial charge in [-0.15, -0.1) is 11.3 Å². The van der Waals surface area contributed by atoms with Gasteiger partial charge < -0.3 is 4.90 Å². The SMILES string of the molecule is CN1C(=O)CCC[C@@H]2CN(Cc3cncs3)CC[C@H]21. The van der Waals surface area contributed by atoms with Crippen LogP contribution in [0.15, 0.2) is 11.7 Å². The summed E-state index contributed by atoms with van der Waals surface area (Å²) in [5, 5.41) is 0. The van der Waals surface area contributed by atoms with E-state index in [0.29, 0.717) is 17.9 Å². The van der Waals surface area contributed by atoms with E-state index in [1.54, 1.807) is 11.3 Å². The van der Waals surface area contributed by atoms with E-state index in [-0.39, 0.29) is 0 Å². The fourth-order valence-electron chi connectivity index (χ4n) is 3.45. The summed E-state index contributed by atoms with van der Waals surface area (Å²) in [6.07, 6.45) is 6.07. The van der Waals surface area contributed by atoms with Crippen LogP contribution >= 0.6 is 11.3 Å². The Morgan fingerprint density at radius 1 is 1.47 bits per heavy atom. The molecular formula is C14H21N3OS. The molecule has 1 aromatic heterocycles. The lowest BCUT2D eigenvalue weighted by atomic mass is 9.88. The summed E-state index contributed by atoms with van der Waals surface area (Å²) in [4.78, 5) is 21.9. The van der Waals surface area contributed by atoms with Crippen LogP contribution in [-0.4, -0.2) is 46.9 Å². The molecular weight excluding hydrogens is 258 g/mol. The van der Waals surface area contributed by atoms with Gasteiger partial charge in [0.05, 0.1) is 5.51 Å². The van der Waals surface area contributed by atoms with Crippen LogP contribution < -0.4 is 0 Å². The highest BCUT2D eigenvalue weighted by atomic mass is 32.1. The molecule has 0 radical (unpaired) electrons. The van der Waals surface area contributed by atoms with Gasteiger partial charge in [0.2, 0.25) is 5.91 Å². The Morgan fingerprint density at radius 2 is 2.37 bits per heavy atom. The van der Waals surface area contributed by atoms with Gasteiger partial charge >= 0.3 is 0 Å². The molecule has 2 atom stereocenters. The number of amides is 1. The van der Waals surface area contributed by atoms with E-state index < -0.39 is 0 Å². The fraction of sp³-hybridized carbons (Fsp3) is 0.714. The molecule has 0 spiro atoms. The predicted molar refractivity (Wildman–Crippen MR) is 75.9 cm³/mol. The molecule has 19 heavy (non-hydrogen) atoms. The standard InChI is InChI=1S/C14H21N3OS/c1-16-13-5-6-17(9-12-7-15-10-19-12)8-11(13)3-2-4-14(16)18/h7,10-11,13H,2-6,8-9H2,1H3/t11-,13-/m1/s1. The highest BCUT2D eigenvalue weighted by Crippen LogP contribution is 2.30. The number of carbonyl (C=O) groups excluding carboxylic acids is 1. The molecule has 0 N–H and O–H groups in total. The van der Waals surface area contributed by atoms with Gasteiger partial charge in [-0.25, -0.2) is 0 Å². The average Bonchev–Trinajstić information content (AvgIpc) is 2.86. The molecule has 2 saturated heterocycles. The van der Waals surface area contributed by atoms with Crippen molar-refractivity contribution >= 4 is 17.2 Å². The molecule has 0 aliphatic carbocycles. The van der Waals surface area contributed by atoms with Crippen molar-refractivity contribution in [2.45, 2.75) is 38.3 Å². The molecule has 1 amide bonds. The number of hydrogen-bond donors (Lipinski definition) is 0. The zero-order valence-corrected chi connectivity index (χ0v) is 12.2. The molecule has 0 aromatic carbocycles. The second kappa shape index (κ2) is 5.59. The van der Waals surface area contributed by atoms with E-state index in [0.717, 1.165) is 38.9 Å². The lowest BCUT2D eigenvalue weighted by Gasteiger charge is -2.41. The third-order valence-electron chi connectivity index (χ3n) is 4.50. The molecule has 4 nitrogen and oxygen atoms in total. The van der Waals surface area contributed by atoms with Gasteiger partial charge in [0, 0.05) is 50.2 Å². The Bertz CT molecular complexity index is 434. The summed E-state index contributed by atoms with van der Waals surface area (Å²) < 4.78 is 0. The molecule has 104 valence electrons. The van der Waals surface area contributed by atoms with Crippen LogP contribution in [0, 0.1) is 5.92 Å². The van der Waals surface area contributed by atoms with Crippen molar-refractivity contribution < 1.29 is 4.79 Å². The van der Waals surface area contributed by atoms with Gasteiger partial charge in [0.1, 0.15) is 0 Å². The van der Waals surface area contributed by atoms with Gasteiger partial charge in [-0.2, -0.15) is 0 Å². The van der Waals surface area contributed by atoms with Gasteiger partial charge in [-0.3, -0.25) is 14.7 Å². The molecule has 0 bridgehead atoms. The fourth-order valence-corrected chi connectivity index (χ4v) is 4.09. The Morgan fingerprint density at radius 3 is 3.16 bits per heavy atom. The van der Waals surface area contributed by atoms with E-state index in [2.05, 4.69) is 9.88 Å². The largest absolute Gasteiger partial charge is 0.342 e. The van der Waals surface area contributed by atoms with Crippen LogP contribution in [0.1, 0.15) is 30.6 Å². The van der Waals surface area contributed by atoms with Crippen molar-refractivity contribution in [3.63, 3.8) is 0 Å². The maximum absolute atomic E-state index is 11.9. The maximum Gasteiger partial charge on any atom is 0.222 e. The maximum atomic E-state index is 11.9. The monoisotopic (exact) mass is 279 g/mol. The minimum atomic E-state index is 0.336. The molecule has 0 unspecified atom stereocenters. The van der Waals surface area contributed by atoms with Crippen LogP contribution in [-0.2, 0) is 11.3 Å². The van der Waals surface area contributed by atoms with Crippen molar-refractivity contribution in [1.82, 2.24) is 14.8 Å². The van der Waals surface area contributed by atoms with E-state index in [1.807, 2.05) is 23.7 Å². The summed E-state index contributed by atoms with van der Waals surface area (Å²) in [5.41, 5.74) is 1.90. The summed E-state index contributed by atoms with van der Waals surface area (Å²) in [6.45, 7) is 3.24.